The predicted molar refractivity (Wildman–Crippen MR) is 66.6 cm³/mol. The molecule has 17 heavy (non-hydrogen) atoms. The van der Waals surface area contributed by atoms with Crippen LogP contribution in [0.15, 0.2) is 23.8 Å². The molecule has 1 aliphatic carbocycles. The van der Waals surface area contributed by atoms with Crippen molar-refractivity contribution < 1.29 is 19.6 Å². The number of aliphatic hydroxyl groups is 1. The van der Waals surface area contributed by atoms with Crippen LogP contribution in [0.1, 0.15) is 19.8 Å². The Morgan fingerprint density at radius 1 is 1.71 bits per heavy atom. The summed E-state index contributed by atoms with van der Waals surface area (Å²) in [7, 11) is -2.07. The van der Waals surface area contributed by atoms with Crippen LogP contribution >= 0.6 is 7.80 Å². The molecular weight excluding hydrogens is 241 g/mol. The molecule has 0 aliphatic heterocycles. The van der Waals surface area contributed by atoms with Gasteiger partial charge in [-0.3, -0.25) is 4.79 Å². The van der Waals surface area contributed by atoms with Gasteiger partial charge >= 0.3 is 5.97 Å². The normalized spacial score (nSPS) is 27.4. The second-order valence-electron chi connectivity index (χ2n) is 4.17. The van der Waals surface area contributed by atoms with Crippen molar-refractivity contribution in [3.8, 4) is 0 Å². The van der Waals surface area contributed by atoms with Crippen molar-refractivity contribution in [1.82, 2.24) is 0 Å². The summed E-state index contributed by atoms with van der Waals surface area (Å²) in [5.41, 5.74) is 6.17. The second kappa shape index (κ2) is 5.63. The van der Waals surface area contributed by atoms with Gasteiger partial charge in [0.25, 0.3) is 0 Å². The highest BCUT2D eigenvalue weighted by atomic mass is 31.1. The van der Waals surface area contributed by atoms with Gasteiger partial charge in [-0.1, -0.05) is 19.1 Å². The van der Waals surface area contributed by atoms with Crippen molar-refractivity contribution in [2.45, 2.75) is 31.1 Å². The van der Waals surface area contributed by atoms with Gasteiger partial charge in [-0.25, -0.2) is 0 Å². The highest BCUT2D eigenvalue weighted by Gasteiger charge is 2.30. The summed E-state index contributed by atoms with van der Waals surface area (Å²) in [4.78, 5) is 10.6. The summed E-state index contributed by atoms with van der Waals surface area (Å²) >= 11 is 0. The molecule has 2 unspecified atom stereocenters. The molecule has 0 bridgehead atoms. The van der Waals surface area contributed by atoms with E-state index in [-0.39, 0.29) is 12.8 Å². The Hall–Kier alpha value is -0.900. The van der Waals surface area contributed by atoms with E-state index in [2.05, 4.69) is 0 Å². The maximum absolute atomic E-state index is 11.7. The lowest BCUT2D eigenvalue weighted by atomic mass is 9.99. The molecule has 0 aromatic rings. The third kappa shape index (κ3) is 3.53. The number of nitrogens with two attached hydrogens (primary N) is 1. The molecule has 3 atom stereocenters. The van der Waals surface area contributed by atoms with Crippen LogP contribution in [0.2, 0.25) is 0 Å². The van der Waals surface area contributed by atoms with Gasteiger partial charge in [0, 0.05) is 6.42 Å². The van der Waals surface area contributed by atoms with E-state index in [9.17, 15) is 14.5 Å². The monoisotopic (exact) mass is 259 g/mol. The fourth-order valence-electron chi connectivity index (χ4n) is 1.67. The maximum Gasteiger partial charge on any atom is 0.320 e. The highest BCUT2D eigenvalue weighted by Crippen LogP contribution is 2.43. The minimum Gasteiger partial charge on any atom is -0.480 e. The van der Waals surface area contributed by atoms with E-state index in [1.54, 1.807) is 19.1 Å². The molecule has 96 valence electrons. The van der Waals surface area contributed by atoms with Gasteiger partial charge in [0.15, 0.2) is 0 Å². The topological polar surface area (TPSA) is 101 Å². The van der Waals surface area contributed by atoms with Crippen molar-refractivity contribution in [3.63, 3.8) is 0 Å². The first-order chi connectivity index (χ1) is 7.89. The molecule has 0 amide bonds. The molecular formula is C11H18NO4P. The van der Waals surface area contributed by atoms with Crippen LogP contribution < -0.4 is 5.73 Å². The van der Waals surface area contributed by atoms with Crippen molar-refractivity contribution in [2.24, 2.45) is 5.73 Å². The lowest BCUT2D eigenvalue weighted by Crippen LogP contribution is -2.31. The first-order valence-corrected chi connectivity index (χ1v) is 7.13. The lowest BCUT2D eigenvalue weighted by molar-refractivity contribution is -0.138. The quantitative estimate of drug-likeness (QED) is 0.638. The van der Waals surface area contributed by atoms with Gasteiger partial charge in [0.2, 0.25) is 0 Å². The van der Waals surface area contributed by atoms with Gasteiger partial charge in [-0.15, -0.1) is 0 Å². The molecule has 0 saturated carbocycles. The van der Waals surface area contributed by atoms with E-state index in [1.807, 2.05) is 0 Å². The molecule has 1 aliphatic rings. The molecule has 0 aromatic carbocycles. The summed E-state index contributed by atoms with van der Waals surface area (Å²) in [6.45, 7) is 1.77. The first kappa shape index (κ1) is 14.2. The number of aliphatic carboxylic acids is 1. The van der Waals surface area contributed by atoms with E-state index < -0.39 is 25.2 Å². The maximum atomic E-state index is 11.7. The highest BCUT2D eigenvalue weighted by molar-refractivity contribution is 7.46. The zero-order valence-electron chi connectivity index (χ0n) is 9.72. The number of rotatable bonds is 5. The van der Waals surface area contributed by atoms with Crippen LogP contribution in [0, 0.1) is 0 Å². The summed E-state index contributed by atoms with van der Waals surface area (Å²) in [6, 6.07) is -0.944. The summed E-state index contributed by atoms with van der Waals surface area (Å²) in [5.74, 6) is -1.05. The van der Waals surface area contributed by atoms with Crippen LogP contribution in [0.25, 0.3) is 0 Å². The number of carboxylic acids is 1. The molecule has 6 heteroatoms. The first-order valence-electron chi connectivity index (χ1n) is 5.51. The number of carbonyl (C=O) groups is 1. The van der Waals surface area contributed by atoms with Crippen molar-refractivity contribution in [3.05, 3.63) is 23.8 Å². The average molecular weight is 259 g/mol. The fraction of sp³-hybridized carbons (Fsp3) is 0.545. The van der Waals surface area contributed by atoms with Crippen molar-refractivity contribution in [1.29, 1.82) is 0 Å². The zero-order chi connectivity index (χ0) is 13.1. The van der Waals surface area contributed by atoms with E-state index in [4.69, 9.17) is 10.8 Å². The Kier molecular flexibility index (Phi) is 4.69. The fourth-order valence-corrected chi connectivity index (χ4v) is 2.88. The summed E-state index contributed by atoms with van der Waals surface area (Å²) < 4.78 is 11.7. The molecule has 5 nitrogen and oxygen atoms in total. The largest absolute Gasteiger partial charge is 0.480 e. The van der Waals surface area contributed by atoms with Gasteiger partial charge in [-0.05, 0) is 24.2 Å². The smallest absolute Gasteiger partial charge is 0.320 e. The van der Waals surface area contributed by atoms with Crippen LogP contribution in [0.4, 0.5) is 0 Å². The molecule has 0 fully saturated rings. The third-order valence-corrected chi connectivity index (χ3v) is 4.80. The number of carboxylic acid groups (broad SMARTS) is 1. The van der Waals surface area contributed by atoms with Gasteiger partial charge in [0.1, 0.15) is 19.2 Å². The Balaban J connectivity index is 2.66. The van der Waals surface area contributed by atoms with E-state index in [0.717, 1.165) is 5.57 Å². The Bertz CT molecular complexity index is 391. The summed E-state index contributed by atoms with van der Waals surface area (Å²) in [6.07, 6.45) is 5.75. The molecule has 4 N–H and O–H groups in total. The Morgan fingerprint density at radius 2 is 2.35 bits per heavy atom. The van der Waals surface area contributed by atoms with Crippen LogP contribution in [0.5, 0.6) is 0 Å². The van der Waals surface area contributed by atoms with Gasteiger partial charge < -0.3 is 20.5 Å². The lowest BCUT2D eigenvalue weighted by Gasteiger charge is -2.26. The minimum absolute atomic E-state index is 0.217. The molecule has 0 saturated heterocycles. The van der Waals surface area contributed by atoms with Crippen LogP contribution in [-0.4, -0.2) is 33.7 Å². The standard InChI is InChI=1S/C11H18NO4P/c1-2-17(16)11(15)5-3-8(4-6-11)7-9(12)10(13)14/h3-5,9,15,17H,2,6-7,12H2,1H3,(H,13,14)/t9-,11?/m0/s1. The van der Waals surface area contributed by atoms with E-state index >= 15 is 0 Å². The predicted octanol–water partition coefficient (Wildman–Crippen LogP) is 0.943. The Labute approximate surface area is 101 Å². The third-order valence-electron chi connectivity index (χ3n) is 2.83. The molecule has 0 radical (unpaired) electrons. The van der Waals surface area contributed by atoms with Crippen LogP contribution in [0.3, 0.4) is 0 Å². The number of hydrogen-bond acceptors (Lipinski definition) is 4. The van der Waals surface area contributed by atoms with Gasteiger partial charge in [-0.2, -0.15) is 0 Å². The van der Waals surface area contributed by atoms with Crippen molar-refractivity contribution in [2.75, 3.05) is 6.16 Å². The minimum atomic E-state index is -2.07. The average Bonchev–Trinajstić information content (AvgIpc) is 2.31. The van der Waals surface area contributed by atoms with Crippen molar-refractivity contribution >= 4 is 13.8 Å². The molecule has 1 rings (SSSR count). The molecule has 0 aromatic heterocycles. The molecule has 0 spiro atoms. The number of hydrogen-bond donors (Lipinski definition) is 3. The van der Waals surface area contributed by atoms with Gasteiger partial charge in [0.05, 0.1) is 0 Å². The Morgan fingerprint density at radius 3 is 2.76 bits per heavy atom. The zero-order valence-corrected chi connectivity index (χ0v) is 10.7. The SMILES string of the molecule is CC[PH](=O)C1(O)C=CC(C[C@H](N)C(=O)O)=CC1. The second-order valence-corrected chi connectivity index (χ2v) is 6.59. The summed E-state index contributed by atoms with van der Waals surface area (Å²) in [5, 5.41) is 17.5. The van der Waals surface area contributed by atoms with E-state index in [1.165, 1.54) is 6.08 Å². The van der Waals surface area contributed by atoms with Crippen LogP contribution in [-0.2, 0) is 9.36 Å². The number of allylic oxidation sites excluding steroid dienone is 1. The molecule has 0 heterocycles. The van der Waals surface area contributed by atoms with E-state index in [0.29, 0.717) is 6.16 Å².